The van der Waals surface area contributed by atoms with E-state index in [1.54, 1.807) is 12.3 Å². The standard InChI is InChI=1S/C32H42N2O3/c1-5-8-9-10-11-15-20-36-31(35)37-30-19-18-28(24-33-30)32(34-23-26-16-13-12-14-17-26)22-25(4)21-27(6-2)29(32)7-3/h7,12-14,16-19,21,23-24,27H,5-6,8-11,15,20,22H2,1-4H3/b29-7+,34-23+. The van der Waals surface area contributed by atoms with Gasteiger partial charge in [0.05, 0.1) is 6.61 Å². The summed E-state index contributed by atoms with van der Waals surface area (Å²) in [5.41, 5.74) is 4.04. The highest BCUT2D eigenvalue weighted by Gasteiger charge is 2.41. The topological polar surface area (TPSA) is 60.8 Å². The fourth-order valence-electron chi connectivity index (χ4n) is 5.12. The predicted molar refractivity (Wildman–Crippen MR) is 151 cm³/mol. The number of carbonyl (C=O) groups is 1. The van der Waals surface area contributed by atoms with Crippen LogP contribution in [0, 0.1) is 5.92 Å². The molecule has 0 N–H and O–H groups in total. The molecule has 2 unspecified atom stereocenters. The largest absolute Gasteiger partial charge is 0.515 e. The lowest BCUT2D eigenvalue weighted by Gasteiger charge is -2.40. The van der Waals surface area contributed by atoms with Crippen molar-refractivity contribution in [3.05, 3.63) is 83.1 Å². The molecule has 0 aliphatic heterocycles. The second-order valence-corrected chi connectivity index (χ2v) is 9.83. The molecule has 5 nitrogen and oxygen atoms in total. The molecule has 0 saturated heterocycles. The van der Waals surface area contributed by atoms with Crippen molar-refractivity contribution < 1.29 is 14.3 Å². The number of pyridine rings is 1. The van der Waals surface area contributed by atoms with Crippen LogP contribution in [0.3, 0.4) is 0 Å². The molecule has 0 bridgehead atoms. The zero-order chi connectivity index (χ0) is 26.5. The fraction of sp³-hybridized carbons (Fsp3) is 0.469. The van der Waals surface area contributed by atoms with Crippen LogP contribution in [0.4, 0.5) is 4.79 Å². The number of allylic oxidation sites excluding steroid dienone is 2. The summed E-state index contributed by atoms with van der Waals surface area (Å²) in [7, 11) is 0. The van der Waals surface area contributed by atoms with Crippen molar-refractivity contribution >= 4 is 12.4 Å². The Kier molecular flexibility index (Phi) is 11.1. The molecule has 2 atom stereocenters. The molecule has 1 heterocycles. The van der Waals surface area contributed by atoms with Crippen LogP contribution < -0.4 is 4.74 Å². The van der Waals surface area contributed by atoms with Crippen molar-refractivity contribution in [2.45, 2.75) is 84.6 Å². The monoisotopic (exact) mass is 502 g/mol. The van der Waals surface area contributed by atoms with Crippen LogP contribution in [-0.4, -0.2) is 24.0 Å². The molecule has 198 valence electrons. The fourth-order valence-corrected chi connectivity index (χ4v) is 5.12. The highest BCUT2D eigenvalue weighted by Crippen LogP contribution is 2.47. The van der Waals surface area contributed by atoms with Gasteiger partial charge in [0.25, 0.3) is 0 Å². The first-order valence-electron chi connectivity index (χ1n) is 13.8. The summed E-state index contributed by atoms with van der Waals surface area (Å²) in [6.07, 6.45) is 16.2. The maximum absolute atomic E-state index is 12.2. The van der Waals surface area contributed by atoms with Crippen LogP contribution in [0.5, 0.6) is 5.88 Å². The second kappa shape index (κ2) is 14.5. The van der Waals surface area contributed by atoms with Crippen molar-refractivity contribution in [1.82, 2.24) is 4.98 Å². The van der Waals surface area contributed by atoms with Gasteiger partial charge in [0.15, 0.2) is 0 Å². The van der Waals surface area contributed by atoms with Crippen LogP contribution in [0.25, 0.3) is 0 Å². The maximum Gasteiger partial charge on any atom is 0.515 e. The van der Waals surface area contributed by atoms with Gasteiger partial charge in [-0.3, -0.25) is 4.99 Å². The first-order chi connectivity index (χ1) is 18.0. The summed E-state index contributed by atoms with van der Waals surface area (Å²) in [5, 5.41) is 0. The van der Waals surface area contributed by atoms with E-state index >= 15 is 0 Å². The average molecular weight is 503 g/mol. The number of unbranched alkanes of at least 4 members (excludes halogenated alkanes) is 5. The molecule has 0 radical (unpaired) electrons. The van der Waals surface area contributed by atoms with Gasteiger partial charge in [0.1, 0.15) is 5.54 Å². The van der Waals surface area contributed by atoms with Gasteiger partial charge in [-0.05, 0) is 43.9 Å². The Morgan fingerprint density at radius 1 is 1.08 bits per heavy atom. The van der Waals surface area contributed by atoms with Crippen molar-refractivity contribution in [3.63, 3.8) is 0 Å². The Hall–Kier alpha value is -3.21. The maximum atomic E-state index is 12.2. The van der Waals surface area contributed by atoms with E-state index in [4.69, 9.17) is 14.5 Å². The molecule has 1 aliphatic rings. The van der Waals surface area contributed by atoms with Gasteiger partial charge < -0.3 is 9.47 Å². The quantitative estimate of drug-likeness (QED) is 0.126. The molecule has 2 aromatic rings. The molecular formula is C32H42N2O3. The SMILES string of the molecule is C/C=C1\C(CC)C=C(C)CC1(/N=C/c1ccccc1)c1ccc(OC(=O)OCCCCCCCC)nc1. The van der Waals surface area contributed by atoms with E-state index in [1.807, 2.05) is 30.5 Å². The van der Waals surface area contributed by atoms with E-state index in [2.05, 4.69) is 57.0 Å². The number of aliphatic imine (C=N–C) groups is 1. The number of hydrogen-bond acceptors (Lipinski definition) is 5. The van der Waals surface area contributed by atoms with Crippen LogP contribution in [0.15, 0.2) is 77.0 Å². The van der Waals surface area contributed by atoms with E-state index in [-0.39, 0.29) is 5.88 Å². The minimum atomic E-state index is -0.706. The Balaban J connectivity index is 1.75. The Morgan fingerprint density at radius 2 is 1.84 bits per heavy atom. The number of ether oxygens (including phenoxy) is 2. The van der Waals surface area contributed by atoms with Gasteiger partial charge in [-0.1, -0.05) is 94.0 Å². The molecule has 0 amide bonds. The average Bonchev–Trinajstić information content (AvgIpc) is 2.92. The molecule has 0 saturated carbocycles. The highest BCUT2D eigenvalue weighted by atomic mass is 16.7. The minimum absolute atomic E-state index is 0.232. The van der Waals surface area contributed by atoms with Gasteiger partial charge in [0.2, 0.25) is 5.88 Å². The van der Waals surface area contributed by atoms with E-state index in [1.165, 1.54) is 36.8 Å². The summed E-state index contributed by atoms with van der Waals surface area (Å²) in [6.45, 7) is 9.04. The van der Waals surface area contributed by atoms with Crippen molar-refractivity contribution in [1.29, 1.82) is 0 Å². The molecule has 1 aromatic heterocycles. The number of aromatic nitrogens is 1. The Bertz CT molecular complexity index is 1070. The number of nitrogens with zero attached hydrogens (tertiary/aromatic N) is 2. The molecule has 37 heavy (non-hydrogen) atoms. The third-order valence-corrected chi connectivity index (χ3v) is 7.00. The van der Waals surface area contributed by atoms with E-state index < -0.39 is 11.7 Å². The molecule has 5 heteroatoms. The summed E-state index contributed by atoms with van der Waals surface area (Å²) in [5.74, 6) is 0.538. The van der Waals surface area contributed by atoms with E-state index in [9.17, 15) is 4.79 Å². The number of benzene rings is 1. The molecular weight excluding hydrogens is 460 g/mol. The predicted octanol–water partition coefficient (Wildman–Crippen LogP) is 8.59. The van der Waals surface area contributed by atoms with Crippen LogP contribution in [-0.2, 0) is 10.3 Å². The Morgan fingerprint density at radius 3 is 2.51 bits per heavy atom. The van der Waals surface area contributed by atoms with Gasteiger partial charge in [-0.25, -0.2) is 9.78 Å². The Labute approximate surface area is 222 Å². The zero-order valence-electron chi connectivity index (χ0n) is 22.9. The molecule has 1 aromatic carbocycles. The van der Waals surface area contributed by atoms with E-state index in [0.717, 1.165) is 36.8 Å². The highest BCUT2D eigenvalue weighted by molar-refractivity contribution is 5.80. The second-order valence-electron chi connectivity index (χ2n) is 9.83. The van der Waals surface area contributed by atoms with Crippen molar-refractivity contribution in [2.75, 3.05) is 6.61 Å². The van der Waals surface area contributed by atoms with Crippen LogP contribution in [0.1, 0.15) is 90.2 Å². The molecule has 0 fully saturated rings. The van der Waals surface area contributed by atoms with Crippen LogP contribution in [0.2, 0.25) is 0 Å². The number of rotatable bonds is 12. The lowest BCUT2D eigenvalue weighted by atomic mass is 9.68. The smallest absolute Gasteiger partial charge is 0.434 e. The number of carbonyl (C=O) groups excluding carboxylic acids is 1. The van der Waals surface area contributed by atoms with Crippen molar-refractivity contribution in [2.24, 2.45) is 10.9 Å². The molecule has 1 aliphatic carbocycles. The third-order valence-electron chi connectivity index (χ3n) is 7.00. The summed E-state index contributed by atoms with van der Waals surface area (Å²) < 4.78 is 10.6. The number of hydrogen-bond donors (Lipinski definition) is 0. The lowest BCUT2D eigenvalue weighted by molar-refractivity contribution is 0.0957. The lowest BCUT2D eigenvalue weighted by Crippen LogP contribution is -2.34. The normalized spacial score (nSPS) is 20.7. The summed E-state index contributed by atoms with van der Waals surface area (Å²) >= 11 is 0. The zero-order valence-corrected chi connectivity index (χ0v) is 22.9. The molecule has 0 spiro atoms. The first-order valence-corrected chi connectivity index (χ1v) is 13.8. The summed E-state index contributed by atoms with van der Waals surface area (Å²) in [4.78, 5) is 21.8. The van der Waals surface area contributed by atoms with Gasteiger partial charge >= 0.3 is 6.16 Å². The van der Waals surface area contributed by atoms with Gasteiger partial charge in [-0.2, -0.15) is 0 Å². The minimum Gasteiger partial charge on any atom is -0.434 e. The van der Waals surface area contributed by atoms with Crippen molar-refractivity contribution in [3.8, 4) is 5.88 Å². The van der Waals surface area contributed by atoms with Gasteiger partial charge in [-0.15, -0.1) is 0 Å². The van der Waals surface area contributed by atoms with Gasteiger partial charge in [0, 0.05) is 36.4 Å². The molecule has 3 rings (SSSR count). The third kappa shape index (κ3) is 7.88. The van der Waals surface area contributed by atoms with E-state index in [0.29, 0.717) is 12.5 Å². The summed E-state index contributed by atoms with van der Waals surface area (Å²) in [6, 6.07) is 13.9. The first kappa shape index (κ1) is 28.4. The van der Waals surface area contributed by atoms with Crippen LogP contribution >= 0.6 is 0 Å².